The van der Waals surface area contributed by atoms with Gasteiger partial charge in [0.1, 0.15) is 22.3 Å². The molecule has 2 heterocycles. The summed E-state index contributed by atoms with van der Waals surface area (Å²) in [5.41, 5.74) is 3.89. The molecule has 0 N–H and O–H groups in total. The average Bonchev–Trinajstić information content (AvgIpc) is 3.27. The quantitative estimate of drug-likeness (QED) is 0.147. The van der Waals surface area contributed by atoms with E-state index in [4.69, 9.17) is 8.83 Å². The van der Waals surface area contributed by atoms with Gasteiger partial charge >= 0.3 is 0 Å². The second kappa shape index (κ2) is 8.07. The molecule has 6 aromatic rings. The lowest BCUT2D eigenvalue weighted by molar-refractivity contribution is 0.666. The maximum absolute atomic E-state index is 5.83. The second-order valence-corrected chi connectivity index (χ2v) is 10.3. The van der Waals surface area contributed by atoms with Crippen LogP contribution in [-0.4, -0.2) is 0 Å². The van der Waals surface area contributed by atoms with Gasteiger partial charge in [-0.1, -0.05) is 36.4 Å². The summed E-state index contributed by atoms with van der Waals surface area (Å²) in [5.74, 6) is 0. The molecule has 142 valence electrons. The van der Waals surface area contributed by atoms with Crippen LogP contribution in [0.5, 0.6) is 0 Å². The molecule has 0 atom stereocenters. The molecular formula is C24H13I3O2. The van der Waals surface area contributed by atoms with E-state index in [1.165, 1.54) is 32.3 Å². The highest BCUT2D eigenvalue weighted by Gasteiger charge is 2.09. The van der Waals surface area contributed by atoms with Gasteiger partial charge in [-0.25, -0.2) is 0 Å². The largest absolute Gasteiger partial charge is 0.456 e. The van der Waals surface area contributed by atoms with Gasteiger partial charge in [0.15, 0.2) is 0 Å². The fourth-order valence-electron chi connectivity index (χ4n) is 3.45. The predicted molar refractivity (Wildman–Crippen MR) is 146 cm³/mol. The van der Waals surface area contributed by atoms with E-state index in [2.05, 4.69) is 104 Å². The number of hydrogen-bond acceptors (Lipinski definition) is 2. The van der Waals surface area contributed by atoms with Crippen LogP contribution in [0.2, 0.25) is 0 Å². The molecule has 0 aliphatic heterocycles. The van der Waals surface area contributed by atoms with Gasteiger partial charge in [0.2, 0.25) is 0 Å². The van der Waals surface area contributed by atoms with Crippen molar-refractivity contribution in [2.24, 2.45) is 0 Å². The number of benzene rings is 4. The summed E-state index contributed by atoms with van der Waals surface area (Å²) in [4.78, 5) is 0. The Morgan fingerprint density at radius 1 is 0.483 bits per heavy atom. The summed E-state index contributed by atoms with van der Waals surface area (Å²) in [6.07, 6.45) is 0. The molecule has 0 radical (unpaired) electrons. The summed E-state index contributed by atoms with van der Waals surface area (Å²) < 4.78 is 15.2. The van der Waals surface area contributed by atoms with Crippen LogP contribution in [0.15, 0.2) is 87.7 Å². The number of furan rings is 2. The van der Waals surface area contributed by atoms with E-state index >= 15 is 0 Å². The molecule has 0 bridgehead atoms. The topological polar surface area (TPSA) is 26.3 Å². The summed E-state index contributed by atoms with van der Waals surface area (Å²) >= 11 is 6.97. The first-order chi connectivity index (χ1) is 14.1. The zero-order valence-electron chi connectivity index (χ0n) is 15.0. The van der Waals surface area contributed by atoms with Gasteiger partial charge in [0, 0.05) is 28.7 Å². The van der Waals surface area contributed by atoms with Crippen LogP contribution in [0, 0.1) is 10.7 Å². The molecule has 0 aliphatic carbocycles. The normalized spacial score (nSPS) is 11.3. The highest BCUT2D eigenvalue weighted by Crippen LogP contribution is 2.33. The van der Waals surface area contributed by atoms with Crippen molar-refractivity contribution in [1.82, 2.24) is 0 Å². The minimum Gasteiger partial charge on any atom is -0.456 e. The van der Waals surface area contributed by atoms with E-state index in [0.29, 0.717) is 0 Å². The summed E-state index contributed by atoms with van der Waals surface area (Å²) in [7, 11) is 0. The van der Waals surface area contributed by atoms with Crippen LogP contribution < -0.4 is 0 Å². The molecule has 0 unspecified atom stereocenters. The number of hydrogen-bond donors (Lipinski definition) is 0. The van der Waals surface area contributed by atoms with E-state index in [-0.39, 0.29) is 0 Å². The van der Waals surface area contributed by atoms with Crippen LogP contribution in [0.1, 0.15) is 0 Å². The molecule has 0 fully saturated rings. The standard InChI is InChI=1S/C12H6I2O.C12H7IO/c13-7-5-9-8-3-1-2-4-11(8)15-12(9)10(14)6-7;13-8-5-6-12-10(7-8)9-3-1-2-4-11(9)14-12/h1-6H;1-7H. The van der Waals surface area contributed by atoms with Crippen LogP contribution in [-0.2, 0) is 0 Å². The second-order valence-electron chi connectivity index (χ2n) is 6.60. The van der Waals surface area contributed by atoms with E-state index in [1.807, 2.05) is 42.5 Å². The zero-order valence-corrected chi connectivity index (χ0v) is 21.4. The van der Waals surface area contributed by atoms with Gasteiger partial charge in [0.05, 0.1) is 3.57 Å². The van der Waals surface area contributed by atoms with E-state index in [1.54, 1.807) is 0 Å². The maximum Gasteiger partial charge on any atom is 0.148 e. The Hall–Kier alpha value is -1.33. The van der Waals surface area contributed by atoms with Gasteiger partial charge in [-0.3, -0.25) is 0 Å². The van der Waals surface area contributed by atoms with E-state index in [0.717, 1.165) is 22.3 Å². The molecule has 4 aromatic carbocycles. The Morgan fingerprint density at radius 3 is 1.83 bits per heavy atom. The van der Waals surface area contributed by atoms with Crippen molar-refractivity contribution in [2.75, 3.05) is 0 Å². The minimum atomic E-state index is 0.963. The minimum absolute atomic E-state index is 0.963. The lowest BCUT2D eigenvalue weighted by Gasteiger charge is -1.94. The molecule has 2 aromatic heterocycles. The van der Waals surface area contributed by atoms with Crippen molar-refractivity contribution in [3.63, 3.8) is 0 Å². The fraction of sp³-hybridized carbons (Fsp3) is 0. The van der Waals surface area contributed by atoms with Gasteiger partial charge in [-0.05, 0) is 110 Å². The highest BCUT2D eigenvalue weighted by atomic mass is 127. The molecule has 5 heteroatoms. The van der Waals surface area contributed by atoms with Crippen LogP contribution >= 0.6 is 67.8 Å². The van der Waals surface area contributed by atoms with Gasteiger partial charge in [-0.15, -0.1) is 0 Å². The van der Waals surface area contributed by atoms with Gasteiger partial charge in [-0.2, -0.15) is 0 Å². The van der Waals surface area contributed by atoms with Crippen molar-refractivity contribution in [1.29, 1.82) is 0 Å². The monoisotopic (exact) mass is 714 g/mol. The zero-order chi connectivity index (χ0) is 20.0. The maximum atomic E-state index is 5.83. The molecule has 0 amide bonds. The molecule has 29 heavy (non-hydrogen) atoms. The summed E-state index contributed by atoms with van der Waals surface area (Å²) in [6.45, 7) is 0. The lowest BCUT2D eigenvalue weighted by Crippen LogP contribution is -1.75. The third-order valence-corrected chi connectivity index (χ3v) is 6.83. The Labute approximate surface area is 208 Å². The number of para-hydroxylation sites is 2. The van der Waals surface area contributed by atoms with Crippen LogP contribution in [0.3, 0.4) is 0 Å². The Balaban J connectivity index is 0.000000125. The van der Waals surface area contributed by atoms with Gasteiger partial charge < -0.3 is 8.83 Å². The number of halogens is 3. The lowest BCUT2D eigenvalue weighted by atomic mass is 10.2. The molecule has 0 aliphatic rings. The third-order valence-electron chi connectivity index (χ3n) is 4.74. The molecule has 2 nitrogen and oxygen atoms in total. The molecule has 0 spiro atoms. The molecule has 0 saturated heterocycles. The Bertz CT molecular complexity index is 1490. The SMILES string of the molecule is Ic1cc(I)c2oc3ccccc3c2c1.Ic1ccc2oc3ccccc3c2c1. The molecular weight excluding hydrogens is 701 g/mol. The third kappa shape index (κ3) is 3.76. The van der Waals surface area contributed by atoms with Crippen molar-refractivity contribution in [3.8, 4) is 0 Å². The summed E-state index contributed by atoms with van der Waals surface area (Å²) in [6, 6.07) is 26.8. The average molecular weight is 714 g/mol. The van der Waals surface area contributed by atoms with Crippen molar-refractivity contribution >= 4 is 112 Å². The predicted octanol–water partition coefficient (Wildman–Crippen LogP) is 8.99. The highest BCUT2D eigenvalue weighted by molar-refractivity contribution is 14.1. The number of fused-ring (bicyclic) bond motifs is 6. The molecule has 0 saturated carbocycles. The molecule has 6 rings (SSSR count). The summed E-state index contributed by atoms with van der Waals surface area (Å²) in [5, 5.41) is 4.80. The Kier molecular flexibility index (Phi) is 5.46. The first-order valence-corrected chi connectivity index (χ1v) is 12.2. The van der Waals surface area contributed by atoms with Crippen molar-refractivity contribution in [3.05, 3.63) is 89.6 Å². The van der Waals surface area contributed by atoms with E-state index in [9.17, 15) is 0 Å². The van der Waals surface area contributed by atoms with Crippen molar-refractivity contribution in [2.45, 2.75) is 0 Å². The van der Waals surface area contributed by atoms with Crippen LogP contribution in [0.25, 0.3) is 43.9 Å². The first-order valence-electron chi connectivity index (χ1n) is 8.93. The smallest absolute Gasteiger partial charge is 0.148 e. The van der Waals surface area contributed by atoms with Crippen LogP contribution in [0.4, 0.5) is 0 Å². The van der Waals surface area contributed by atoms with Crippen molar-refractivity contribution < 1.29 is 8.83 Å². The first kappa shape index (κ1) is 19.6. The van der Waals surface area contributed by atoms with E-state index < -0.39 is 0 Å². The number of rotatable bonds is 0. The Morgan fingerprint density at radius 2 is 1.07 bits per heavy atom. The fourth-order valence-corrected chi connectivity index (χ4v) is 5.90. The van der Waals surface area contributed by atoms with Gasteiger partial charge in [0.25, 0.3) is 0 Å².